The van der Waals surface area contributed by atoms with Crippen molar-refractivity contribution in [2.24, 2.45) is 4.99 Å². The lowest BCUT2D eigenvalue weighted by atomic mass is 10.0. The Kier molecular flexibility index (Phi) is 3.87. The minimum absolute atomic E-state index is 0.263. The smallest absolute Gasteiger partial charge is 0.211 e. The number of rotatable bonds is 3. The number of aliphatic imine (C=N–C) groups is 1. The van der Waals surface area contributed by atoms with Crippen LogP contribution >= 0.6 is 15.9 Å². The topological polar surface area (TPSA) is 29.4 Å². The van der Waals surface area contributed by atoms with E-state index in [0.29, 0.717) is 6.54 Å². The van der Waals surface area contributed by atoms with Crippen LogP contribution in [0, 0.1) is 0 Å². The molecule has 0 radical (unpaired) electrons. The fourth-order valence-corrected chi connectivity index (χ4v) is 1.51. The molecule has 68 valence electrons. The van der Waals surface area contributed by atoms with Gasteiger partial charge in [0.1, 0.15) is 0 Å². The second kappa shape index (κ2) is 4.95. The zero-order valence-electron chi connectivity index (χ0n) is 7.33. The highest BCUT2D eigenvalue weighted by Gasteiger charge is 2.03. The molecule has 1 aromatic rings. The van der Waals surface area contributed by atoms with Crippen LogP contribution in [0.15, 0.2) is 33.7 Å². The van der Waals surface area contributed by atoms with Gasteiger partial charge < -0.3 is 0 Å². The van der Waals surface area contributed by atoms with Crippen molar-refractivity contribution >= 4 is 22.0 Å². The number of isocyanates is 1. The Bertz CT molecular complexity index is 331. The van der Waals surface area contributed by atoms with Gasteiger partial charge >= 0.3 is 0 Å². The van der Waals surface area contributed by atoms with Gasteiger partial charge in [0.15, 0.2) is 0 Å². The molecule has 13 heavy (non-hydrogen) atoms. The van der Waals surface area contributed by atoms with Crippen molar-refractivity contribution < 1.29 is 4.79 Å². The minimum Gasteiger partial charge on any atom is -0.211 e. The highest BCUT2D eigenvalue weighted by Crippen LogP contribution is 2.19. The third-order valence-corrected chi connectivity index (χ3v) is 2.34. The van der Waals surface area contributed by atoms with Crippen molar-refractivity contribution in [2.75, 3.05) is 6.54 Å². The van der Waals surface area contributed by atoms with Crippen LogP contribution in [0.4, 0.5) is 0 Å². The van der Waals surface area contributed by atoms with Crippen LogP contribution < -0.4 is 0 Å². The van der Waals surface area contributed by atoms with E-state index in [0.717, 1.165) is 4.47 Å². The summed E-state index contributed by atoms with van der Waals surface area (Å²) in [5.74, 6) is 0.263. The second-order valence-electron chi connectivity index (χ2n) is 2.89. The summed E-state index contributed by atoms with van der Waals surface area (Å²) >= 11 is 3.39. The predicted molar refractivity (Wildman–Crippen MR) is 55.5 cm³/mol. The molecule has 1 rings (SSSR count). The van der Waals surface area contributed by atoms with Gasteiger partial charge in [-0.25, -0.2) is 9.79 Å². The van der Waals surface area contributed by atoms with E-state index < -0.39 is 0 Å². The number of carbonyl (C=O) groups excluding carboxylic acids is 1. The summed E-state index contributed by atoms with van der Waals surface area (Å²) < 4.78 is 1.05. The average Bonchev–Trinajstić information content (AvgIpc) is 2.14. The lowest BCUT2D eigenvalue weighted by Crippen LogP contribution is -1.96. The van der Waals surface area contributed by atoms with Gasteiger partial charge in [0.25, 0.3) is 0 Å². The van der Waals surface area contributed by atoms with E-state index in [1.807, 2.05) is 31.2 Å². The molecule has 0 aliphatic heterocycles. The number of benzene rings is 1. The summed E-state index contributed by atoms with van der Waals surface area (Å²) in [5.41, 5.74) is 1.17. The van der Waals surface area contributed by atoms with E-state index >= 15 is 0 Å². The molecule has 0 saturated heterocycles. The van der Waals surface area contributed by atoms with Crippen LogP contribution in [0.5, 0.6) is 0 Å². The first-order valence-electron chi connectivity index (χ1n) is 4.03. The summed E-state index contributed by atoms with van der Waals surface area (Å²) in [6, 6.07) is 8.00. The Morgan fingerprint density at radius 1 is 1.62 bits per heavy atom. The third-order valence-electron chi connectivity index (χ3n) is 1.85. The normalized spacial score (nSPS) is 11.8. The molecule has 0 aromatic heterocycles. The average molecular weight is 240 g/mol. The van der Waals surface area contributed by atoms with Crippen LogP contribution in [0.3, 0.4) is 0 Å². The molecule has 2 nitrogen and oxygen atoms in total. The van der Waals surface area contributed by atoms with Gasteiger partial charge in [-0.1, -0.05) is 35.0 Å². The zero-order valence-corrected chi connectivity index (χ0v) is 8.91. The molecule has 3 heteroatoms. The number of nitrogens with zero attached hydrogens (tertiary/aromatic N) is 1. The zero-order chi connectivity index (χ0) is 9.68. The van der Waals surface area contributed by atoms with E-state index in [-0.39, 0.29) is 5.92 Å². The molecule has 0 bridgehead atoms. The fraction of sp³-hybridized carbons (Fsp3) is 0.300. The summed E-state index contributed by atoms with van der Waals surface area (Å²) in [6.45, 7) is 2.53. The van der Waals surface area contributed by atoms with E-state index in [9.17, 15) is 4.79 Å². The number of halogens is 1. The maximum atomic E-state index is 9.91. The van der Waals surface area contributed by atoms with Crippen molar-refractivity contribution in [3.8, 4) is 0 Å². The minimum atomic E-state index is 0.263. The van der Waals surface area contributed by atoms with Gasteiger partial charge in [-0.15, -0.1) is 0 Å². The molecular formula is C10H10BrNO. The molecule has 0 saturated carbocycles. The van der Waals surface area contributed by atoms with Gasteiger partial charge in [0, 0.05) is 10.4 Å². The van der Waals surface area contributed by atoms with Gasteiger partial charge in [-0.3, -0.25) is 0 Å². The van der Waals surface area contributed by atoms with Gasteiger partial charge in [-0.2, -0.15) is 0 Å². The van der Waals surface area contributed by atoms with Crippen molar-refractivity contribution in [1.29, 1.82) is 0 Å². The van der Waals surface area contributed by atoms with Crippen LogP contribution in [-0.2, 0) is 4.79 Å². The lowest BCUT2D eigenvalue weighted by molar-refractivity contribution is 0.561. The Hall–Kier alpha value is -0.920. The molecule has 1 atom stereocenters. The highest BCUT2D eigenvalue weighted by atomic mass is 79.9. The Labute approximate surface area is 85.8 Å². The van der Waals surface area contributed by atoms with Crippen LogP contribution in [0.25, 0.3) is 0 Å². The maximum Gasteiger partial charge on any atom is 0.234 e. The van der Waals surface area contributed by atoms with Crippen LogP contribution in [0.1, 0.15) is 18.4 Å². The molecule has 0 heterocycles. The summed E-state index contributed by atoms with van der Waals surface area (Å²) in [4.78, 5) is 13.5. The Morgan fingerprint density at radius 2 is 2.38 bits per heavy atom. The number of hydrogen-bond acceptors (Lipinski definition) is 2. The summed E-state index contributed by atoms with van der Waals surface area (Å²) in [7, 11) is 0. The molecule has 1 unspecified atom stereocenters. The molecule has 0 amide bonds. The predicted octanol–water partition coefficient (Wildman–Crippen LogP) is 2.89. The van der Waals surface area contributed by atoms with Gasteiger partial charge in [-0.05, 0) is 17.7 Å². The van der Waals surface area contributed by atoms with E-state index in [1.54, 1.807) is 6.08 Å². The fourth-order valence-electron chi connectivity index (χ4n) is 1.09. The van der Waals surface area contributed by atoms with Gasteiger partial charge in [0.05, 0.1) is 6.54 Å². The summed E-state index contributed by atoms with van der Waals surface area (Å²) in [6.07, 6.45) is 1.55. The maximum absolute atomic E-state index is 9.91. The molecule has 0 aliphatic carbocycles. The lowest BCUT2D eigenvalue weighted by Gasteiger charge is -2.07. The largest absolute Gasteiger partial charge is 0.234 e. The van der Waals surface area contributed by atoms with Crippen molar-refractivity contribution in [1.82, 2.24) is 0 Å². The Balaban J connectivity index is 2.76. The standard InChI is InChI=1S/C10H10BrNO/c1-8(6-12-7-13)9-3-2-4-10(11)5-9/h2-5,8H,6H2,1H3. The third kappa shape index (κ3) is 3.13. The van der Waals surface area contributed by atoms with E-state index in [4.69, 9.17) is 0 Å². The van der Waals surface area contributed by atoms with Crippen molar-refractivity contribution in [3.05, 3.63) is 34.3 Å². The molecule has 1 aromatic carbocycles. The monoisotopic (exact) mass is 239 g/mol. The van der Waals surface area contributed by atoms with E-state index in [2.05, 4.69) is 20.9 Å². The van der Waals surface area contributed by atoms with Crippen molar-refractivity contribution in [2.45, 2.75) is 12.8 Å². The molecule has 0 spiro atoms. The highest BCUT2D eigenvalue weighted by molar-refractivity contribution is 9.10. The molecule has 0 aliphatic rings. The first-order chi connectivity index (χ1) is 6.24. The van der Waals surface area contributed by atoms with Gasteiger partial charge in [0.2, 0.25) is 6.08 Å². The number of hydrogen-bond donors (Lipinski definition) is 0. The second-order valence-corrected chi connectivity index (χ2v) is 3.80. The molecular weight excluding hydrogens is 230 g/mol. The Morgan fingerprint density at radius 3 is 3.00 bits per heavy atom. The van der Waals surface area contributed by atoms with E-state index in [1.165, 1.54) is 5.56 Å². The first-order valence-corrected chi connectivity index (χ1v) is 4.82. The quantitative estimate of drug-likeness (QED) is 0.590. The van der Waals surface area contributed by atoms with Crippen LogP contribution in [0.2, 0.25) is 0 Å². The first kappa shape index (κ1) is 10.2. The molecule has 0 fully saturated rings. The van der Waals surface area contributed by atoms with Crippen molar-refractivity contribution in [3.63, 3.8) is 0 Å². The summed E-state index contributed by atoms with van der Waals surface area (Å²) in [5, 5.41) is 0. The van der Waals surface area contributed by atoms with Crippen LogP contribution in [-0.4, -0.2) is 12.6 Å². The SMILES string of the molecule is CC(CN=C=O)c1cccc(Br)c1. The molecule has 0 N–H and O–H groups in total.